The van der Waals surface area contributed by atoms with Gasteiger partial charge >= 0.3 is 0 Å². The van der Waals surface area contributed by atoms with Gasteiger partial charge in [-0.15, -0.1) is 0 Å². The molecule has 1 N–H and O–H groups in total. The van der Waals surface area contributed by atoms with Gasteiger partial charge in [-0.3, -0.25) is 4.79 Å². The van der Waals surface area contributed by atoms with Crippen molar-refractivity contribution in [2.24, 2.45) is 0 Å². The molecule has 0 atom stereocenters. The number of amides is 1. The van der Waals surface area contributed by atoms with E-state index in [0.29, 0.717) is 30.4 Å². The number of aryl methyl sites for hydroxylation is 1. The van der Waals surface area contributed by atoms with Crippen molar-refractivity contribution in [3.8, 4) is 17.1 Å². The fourth-order valence-electron chi connectivity index (χ4n) is 5.01. The van der Waals surface area contributed by atoms with Crippen LogP contribution in [-0.2, 0) is 4.74 Å². The number of ether oxygens (including phenoxy) is 1. The van der Waals surface area contributed by atoms with Gasteiger partial charge in [0, 0.05) is 43.0 Å². The van der Waals surface area contributed by atoms with E-state index in [0.717, 1.165) is 56.1 Å². The van der Waals surface area contributed by atoms with Crippen molar-refractivity contribution < 1.29 is 9.53 Å². The highest BCUT2D eigenvalue weighted by atomic mass is 16.5. The van der Waals surface area contributed by atoms with Crippen LogP contribution in [0.15, 0.2) is 48.7 Å². The number of piperidine rings is 1. The fraction of sp³-hybridized carbons (Fsp3) is 0.407. The minimum Gasteiger partial charge on any atom is -0.378 e. The Morgan fingerprint density at radius 1 is 1.03 bits per heavy atom. The van der Waals surface area contributed by atoms with Crippen molar-refractivity contribution in [3.63, 3.8) is 0 Å². The maximum Gasteiger partial charge on any atom is 0.272 e. The van der Waals surface area contributed by atoms with Gasteiger partial charge in [0.25, 0.3) is 5.91 Å². The molecular weight excluding hydrogens is 468 g/mol. The molecular formula is C27H32N8O2. The molecule has 37 heavy (non-hydrogen) atoms. The summed E-state index contributed by atoms with van der Waals surface area (Å²) in [5.41, 5.74) is 4.11. The average molecular weight is 501 g/mol. The Balaban J connectivity index is 1.35. The van der Waals surface area contributed by atoms with E-state index in [9.17, 15) is 4.79 Å². The summed E-state index contributed by atoms with van der Waals surface area (Å²) in [6.07, 6.45) is 3.81. The highest BCUT2D eigenvalue weighted by Gasteiger charge is 2.23. The monoisotopic (exact) mass is 500 g/mol. The first-order valence-corrected chi connectivity index (χ1v) is 12.9. The Hall–Kier alpha value is -3.76. The summed E-state index contributed by atoms with van der Waals surface area (Å²) in [5.74, 6) is 1.39. The van der Waals surface area contributed by atoms with Crippen LogP contribution < -0.4 is 10.2 Å². The van der Waals surface area contributed by atoms with Gasteiger partial charge < -0.3 is 19.9 Å². The topological polar surface area (TPSA) is 92.8 Å². The van der Waals surface area contributed by atoms with E-state index in [2.05, 4.69) is 52.4 Å². The van der Waals surface area contributed by atoms with Gasteiger partial charge in [-0.1, -0.05) is 23.8 Å². The number of nitrogens with zero attached hydrogens (tertiary/aromatic N) is 7. The van der Waals surface area contributed by atoms with Gasteiger partial charge in [0.15, 0.2) is 17.2 Å². The van der Waals surface area contributed by atoms with Crippen molar-refractivity contribution >= 4 is 17.4 Å². The van der Waals surface area contributed by atoms with Gasteiger partial charge in [-0.2, -0.15) is 14.7 Å². The standard InChI is InChI=1S/C27H32N8O2/c1-19-4-3-5-20(16-19)22-8-11-34(30-22)24-18-26(33-12-14-37-15-13-33)35-25(29-24)17-23(31-35)27(36)28-21-6-9-32(2)10-7-21/h3-5,8,11,16-18,21H,6-7,9-10,12-15H2,1-2H3,(H,28,36). The molecule has 1 amide bonds. The zero-order valence-electron chi connectivity index (χ0n) is 21.3. The molecule has 2 saturated heterocycles. The van der Waals surface area contributed by atoms with Crippen LogP contribution in [0.5, 0.6) is 0 Å². The first-order chi connectivity index (χ1) is 18.0. The number of likely N-dealkylation sites (tertiary alicyclic amines) is 1. The minimum atomic E-state index is -0.157. The molecule has 3 aromatic heterocycles. The molecule has 2 aliphatic heterocycles. The molecule has 0 radical (unpaired) electrons. The van der Waals surface area contributed by atoms with Crippen molar-refractivity contribution in [1.82, 2.24) is 34.6 Å². The number of carbonyl (C=O) groups excluding carboxylic acids is 1. The molecule has 10 nitrogen and oxygen atoms in total. The lowest BCUT2D eigenvalue weighted by molar-refractivity contribution is 0.0911. The lowest BCUT2D eigenvalue weighted by Gasteiger charge is -2.29. The molecule has 5 heterocycles. The predicted octanol–water partition coefficient (Wildman–Crippen LogP) is 2.55. The third-order valence-corrected chi connectivity index (χ3v) is 7.15. The molecule has 4 aromatic rings. The number of benzene rings is 1. The van der Waals surface area contributed by atoms with E-state index in [1.165, 1.54) is 5.56 Å². The number of anilines is 1. The van der Waals surface area contributed by atoms with Crippen LogP contribution >= 0.6 is 0 Å². The maximum atomic E-state index is 13.1. The molecule has 0 aliphatic carbocycles. The number of hydrogen-bond acceptors (Lipinski definition) is 7. The number of carbonyl (C=O) groups is 1. The summed E-state index contributed by atoms with van der Waals surface area (Å²) in [4.78, 5) is 22.5. The smallest absolute Gasteiger partial charge is 0.272 e. The maximum absolute atomic E-state index is 13.1. The van der Waals surface area contributed by atoms with Gasteiger partial charge in [0.1, 0.15) is 5.82 Å². The molecule has 192 valence electrons. The second-order valence-corrected chi connectivity index (χ2v) is 9.94. The first-order valence-electron chi connectivity index (χ1n) is 12.9. The van der Waals surface area contributed by atoms with E-state index in [1.807, 2.05) is 24.4 Å². The number of nitrogens with one attached hydrogen (secondary N) is 1. The van der Waals surface area contributed by atoms with E-state index < -0.39 is 0 Å². The average Bonchev–Trinajstić information content (AvgIpc) is 3.58. The Morgan fingerprint density at radius 3 is 2.62 bits per heavy atom. The van der Waals surface area contributed by atoms with Crippen molar-refractivity contribution in [2.45, 2.75) is 25.8 Å². The minimum absolute atomic E-state index is 0.157. The zero-order valence-corrected chi connectivity index (χ0v) is 21.3. The quantitative estimate of drug-likeness (QED) is 0.450. The fourth-order valence-corrected chi connectivity index (χ4v) is 5.01. The molecule has 6 rings (SSSR count). The lowest BCUT2D eigenvalue weighted by atomic mass is 10.1. The third kappa shape index (κ3) is 4.94. The summed E-state index contributed by atoms with van der Waals surface area (Å²) in [7, 11) is 2.11. The van der Waals surface area contributed by atoms with Crippen LogP contribution in [0.4, 0.5) is 5.82 Å². The number of aromatic nitrogens is 5. The second kappa shape index (κ2) is 9.95. The van der Waals surface area contributed by atoms with Crippen LogP contribution in [0.25, 0.3) is 22.7 Å². The van der Waals surface area contributed by atoms with E-state index >= 15 is 0 Å². The van der Waals surface area contributed by atoms with Gasteiger partial charge in [-0.25, -0.2) is 9.67 Å². The SMILES string of the molecule is Cc1cccc(-c2ccn(-c3cc(N4CCOCC4)n4nc(C(=O)NC5CCN(C)CC5)cc4n3)n2)c1. The summed E-state index contributed by atoms with van der Waals surface area (Å²) in [6.45, 7) is 6.80. The van der Waals surface area contributed by atoms with Crippen LogP contribution in [0.2, 0.25) is 0 Å². The third-order valence-electron chi connectivity index (χ3n) is 7.15. The van der Waals surface area contributed by atoms with E-state index in [1.54, 1.807) is 15.3 Å². The molecule has 0 unspecified atom stereocenters. The van der Waals surface area contributed by atoms with Crippen molar-refractivity contribution in [1.29, 1.82) is 0 Å². The van der Waals surface area contributed by atoms with Crippen LogP contribution in [-0.4, -0.2) is 87.7 Å². The van der Waals surface area contributed by atoms with Crippen LogP contribution in [0.1, 0.15) is 28.9 Å². The number of rotatable bonds is 5. The molecule has 10 heteroatoms. The number of morpholine rings is 1. The number of fused-ring (bicyclic) bond motifs is 1. The molecule has 2 fully saturated rings. The second-order valence-electron chi connectivity index (χ2n) is 9.94. The number of hydrogen-bond donors (Lipinski definition) is 1. The van der Waals surface area contributed by atoms with E-state index in [4.69, 9.17) is 14.8 Å². The van der Waals surface area contributed by atoms with Gasteiger partial charge in [-0.05, 0) is 52.0 Å². The van der Waals surface area contributed by atoms with Crippen LogP contribution in [0.3, 0.4) is 0 Å². The molecule has 0 bridgehead atoms. The largest absolute Gasteiger partial charge is 0.378 e. The summed E-state index contributed by atoms with van der Waals surface area (Å²) >= 11 is 0. The first kappa shape index (κ1) is 23.6. The van der Waals surface area contributed by atoms with Crippen LogP contribution in [0, 0.1) is 6.92 Å². The summed E-state index contributed by atoms with van der Waals surface area (Å²) in [5, 5.41) is 12.7. The van der Waals surface area contributed by atoms with Crippen molar-refractivity contribution in [3.05, 3.63) is 59.9 Å². The molecule has 0 spiro atoms. The van der Waals surface area contributed by atoms with Gasteiger partial charge in [0.2, 0.25) is 0 Å². The molecule has 2 aliphatic rings. The van der Waals surface area contributed by atoms with E-state index in [-0.39, 0.29) is 11.9 Å². The lowest BCUT2D eigenvalue weighted by Crippen LogP contribution is -2.43. The Bertz CT molecular complexity index is 1410. The highest BCUT2D eigenvalue weighted by molar-refractivity contribution is 5.93. The summed E-state index contributed by atoms with van der Waals surface area (Å²) in [6, 6.07) is 14.2. The summed E-state index contributed by atoms with van der Waals surface area (Å²) < 4.78 is 9.13. The molecule has 0 saturated carbocycles. The predicted molar refractivity (Wildman–Crippen MR) is 141 cm³/mol. The Labute approximate surface area is 215 Å². The zero-order chi connectivity index (χ0) is 25.4. The Kier molecular flexibility index (Phi) is 6.35. The Morgan fingerprint density at radius 2 is 1.84 bits per heavy atom. The normalized spacial score (nSPS) is 17.4. The van der Waals surface area contributed by atoms with Gasteiger partial charge in [0.05, 0.1) is 18.9 Å². The molecule has 1 aromatic carbocycles. The van der Waals surface area contributed by atoms with Crippen molar-refractivity contribution in [2.75, 3.05) is 51.3 Å². The highest BCUT2D eigenvalue weighted by Crippen LogP contribution is 2.24.